The molecule has 0 aliphatic carbocycles. The Bertz CT molecular complexity index is 1020. The lowest BCUT2D eigenvalue weighted by molar-refractivity contribution is 0.0343. The van der Waals surface area contributed by atoms with Gasteiger partial charge in [-0.05, 0) is 24.6 Å². The van der Waals surface area contributed by atoms with Crippen LogP contribution in [0.15, 0.2) is 41.7 Å². The minimum absolute atomic E-state index is 0.163. The number of nitrogens with one attached hydrogen (secondary N) is 1. The molecule has 0 spiro atoms. The lowest BCUT2D eigenvalue weighted by Gasteiger charge is -2.29. The predicted octanol–water partition coefficient (Wildman–Crippen LogP) is 1.16. The number of amidine groups is 1. The largest absolute Gasteiger partial charge is 0.496 e. The first-order chi connectivity index (χ1) is 16.0. The molecule has 2 aromatic rings. The Kier molecular flexibility index (Phi) is 8.71. The third kappa shape index (κ3) is 7.25. The first-order valence-corrected chi connectivity index (χ1v) is 10.7. The molecule has 2 heterocycles. The van der Waals surface area contributed by atoms with E-state index < -0.39 is 0 Å². The number of ether oxygens (including phenoxy) is 2. The highest BCUT2D eigenvalue weighted by molar-refractivity contribution is 5.99. The standard InChI is InChI=1S/C23H30N8O2/c1-16(15-31-5-7-33-8-6-31)27-12-17-3-4-19(21(9-17)32-2)20(25)10-22(26)30-23-14-28-18(11-24)13-29-23/h3-4,9-10,13-14,16,27H,5-8,12,15,25H2,1-2H3,(H2,26,29,30)/b20-10-/t16-/m1/s1. The van der Waals surface area contributed by atoms with Crippen LogP contribution in [0, 0.1) is 11.3 Å². The summed E-state index contributed by atoms with van der Waals surface area (Å²) in [5, 5.41) is 12.3. The molecule has 1 atom stereocenters. The van der Waals surface area contributed by atoms with E-state index in [0.29, 0.717) is 29.6 Å². The van der Waals surface area contributed by atoms with Gasteiger partial charge in [-0.15, -0.1) is 0 Å². The summed E-state index contributed by atoms with van der Waals surface area (Å²) in [5.41, 5.74) is 14.7. The number of benzene rings is 1. The molecule has 10 heteroatoms. The van der Waals surface area contributed by atoms with E-state index in [1.165, 1.54) is 12.4 Å². The van der Waals surface area contributed by atoms with Gasteiger partial charge in [0.2, 0.25) is 0 Å². The van der Waals surface area contributed by atoms with Crippen LogP contribution in [-0.2, 0) is 11.3 Å². The summed E-state index contributed by atoms with van der Waals surface area (Å²) in [4.78, 5) is 14.5. The summed E-state index contributed by atoms with van der Waals surface area (Å²) < 4.78 is 11.0. The van der Waals surface area contributed by atoms with Gasteiger partial charge in [-0.2, -0.15) is 5.26 Å². The van der Waals surface area contributed by atoms with Crippen LogP contribution in [0.4, 0.5) is 5.82 Å². The second-order valence-electron chi connectivity index (χ2n) is 7.74. The Morgan fingerprint density at radius 3 is 2.79 bits per heavy atom. The summed E-state index contributed by atoms with van der Waals surface area (Å²) >= 11 is 0. The Balaban J connectivity index is 1.63. The summed E-state index contributed by atoms with van der Waals surface area (Å²) in [7, 11) is 1.61. The maximum atomic E-state index is 8.79. The zero-order valence-corrected chi connectivity index (χ0v) is 19.0. The molecule has 5 N–H and O–H groups in total. The van der Waals surface area contributed by atoms with Crippen LogP contribution >= 0.6 is 0 Å². The molecule has 1 aromatic heterocycles. The second kappa shape index (κ2) is 11.9. The molecule has 3 rings (SSSR count). The molecule has 1 saturated heterocycles. The number of methoxy groups -OCH3 is 1. The van der Waals surface area contributed by atoms with Crippen molar-refractivity contribution in [2.24, 2.45) is 16.5 Å². The van der Waals surface area contributed by atoms with Crippen molar-refractivity contribution in [2.45, 2.75) is 19.5 Å². The van der Waals surface area contributed by atoms with Gasteiger partial charge < -0.3 is 26.3 Å². The lowest BCUT2D eigenvalue weighted by atomic mass is 10.1. The van der Waals surface area contributed by atoms with Crippen LogP contribution in [0.3, 0.4) is 0 Å². The molecule has 0 amide bonds. The third-order valence-corrected chi connectivity index (χ3v) is 5.17. The SMILES string of the molecule is COc1cc(CN[C@H](C)CN2CCOCC2)ccc1/C(N)=C/C(N)=Nc1cnc(C#N)cn1. The summed E-state index contributed by atoms with van der Waals surface area (Å²) in [6.07, 6.45) is 4.24. The third-order valence-electron chi connectivity index (χ3n) is 5.17. The van der Waals surface area contributed by atoms with Gasteiger partial charge in [0.05, 0.1) is 32.7 Å². The summed E-state index contributed by atoms with van der Waals surface area (Å²) in [6, 6.07) is 8.12. The average Bonchev–Trinajstić information content (AvgIpc) is 2.83. The number of nitrogens with zero attached hydrogens (tertiary/aromatic N) is 5. The number of nitriles is 1. The highest BCUT2D eigenvalue weighted by atomic mass is 16.5. The molecule has 1 aliphatic heterocycles. The number of aromatic nitrogens is 2. The number of hydrogen-bond donors (Lipinski definition) is 3. The highest BCUT2D eigenvalue weighted by Gasteiger charge is 2.14. The second-order valence-corrected chi connectivity index (χ2v) is 7.74. The number of nitrogens with two attached hydrogens (primary N) is 2. The number of morpholine rings is 1. The molecular weight excluding hydrogens is 420 g/mol. The first-order valence-electron chi connectivity index (χ1n) is 10.7. The number of hydrogen-bond acceptors (Lipinski definition) is 9. The van der Waals surface area contributed by atoms with Crippen LogP contribution in [-0.4, -0.2) is 66.7 Å². The zero-order valence-electron chi connectivity index (χ0n) is 19.0. The van der Waals surface area contributed by atoms with Gasteiger partial charge in [-0.25, -0.2) is 15.0 Å². The molecule has 1 fully saturated rings. The van der Waals surface area contributed by atoms with E-state index in [2.05, 4.69) is 32.1 Å². The van der Waals surface area contributed by atoms with Crippen molar-refractivity contribution in [3.63, 3.8) is 0 Å². The molecule has 1 aliphatic rings. The van der Waals surface area contributed by atoms with E-state index in [-0.39, 0.29) is 17.3 Å². The van der Waals surface area contributed by atoms with E-state index in [0.717, 1.165) is 38.4 Å². The van der Waals surface area contributed by atoms with E-state index >= 15 is 0 Å². The Labute approximate surface area is 193 Å². The molecule has 33 heavy (non-hydrogen) atoms. The van der Waals surface area contributed by atoms with Crippen LogP contribution in [0.1, 0.15) is 23.7 Å². The van der Waals surface area contributed by atoms with E-state index in [9.17, 15) is 0 Å². The van der Waals surface area contributed by atoms with E-state index in [4.69, 9.17) is 26.2 Å². The van der Waals surface area contributed by atoms with Crippen LogP contribution in [0.5, 0.6) is 5.75 Å². The molecule has 1 aromatic carbocycles. The van der Waals surface area contributed by atoms with Crippen molar-refractivity contribution in [3.8, 4) is 11.8 Å². The van der Waals surface area contributed by atoms with Crippen molar-refractivity contribution >= 4 is 17.4 Å². The smallest absolute Gasteiger partial charge is 0.172 e. The fourth-order valence-electron chi connectivity index (χ4n) is 3.45. The van der Waals surface area contributed by atoms with Crippen molar-refractivity contribution in [1.82, 2.24) is 20.2 Å². The van der Waals surface area contributed by atoms with Gasteiger partial charge in [0, 0.05) is 49.6 Å². The summed E-state index contributed by atoms with van der Waals surface area (Å²) in [5.74, 6) is 1.10. The molecular formula is C23H30N8O2. The van der Waals surface area contributed by atoms with Gasteiger partial charge in [0.25, 0.3) is 0 Å². The van der Waals surface area contributed by atoms with Gasteiger partial charge in [0.1, 0.15) is 17.7 Å². The van der Waals surface area contributed by atoms with Crippen LogP contribution < -0.4 is 21.5 Å². The fourth-order valence-corrected chi connectivity index (χ4v) is 3.45. The highest BCUT2D eigenvalue weighted by Crippen LogP contribution is 2.25. The minimum atomic E-state index is 0.163. The first kappa shape index (κ1) is 24.1. The average molecular weight is 451 g/mol. The van der Waals surface area contributed by atoms with Gasteiger partial charge in [-0.1, -0.05) is 6.07 Å². The van der Waals surface area contributed by atoms with Crippen molar-refractivity contribution in [2.75, 3.05) is 40.0 Å². The fraction of sp³-hybridized carbons (Fsp3) is 0.391. The van der Waals surface area contributed by atoms with Gasteiger partial charge in [0.15, 0.2) is 11.5 Å². The Morgan fingerprint density at radius 1 is 1.33 bits per heavy atom. The van der Waals surface area contributed by atoms with Crippen molar-refractivity contribution < 1.29 is 9.47 Å². The van der Waals surface area contributed by atoms with Gasteiger partial charge in [-0.3, -0.25) is 4.90 Å². The number of aliphatic imine (C=N–C) groups is 1. The Morgan fingerprint density at radius 2 is 2.12 bits per heavy atom. The molecule has 0 bridgehead atoms. The van der Waals surface area contributed by atoms with Crippen LogP contribution in [0.25, 0.3) is 5.70 Å². The molecule has 0 unspecified atom stereocenters. The quantitative estimate of drug-likeness (QED) is 0.378. The van der Waals surface area contributed by atoms with Gasteiger partial charge >= 0.3 is 0 Å². The molecule has 174 valence electrons. The van der Waals surface area contributed by atoms with Crippen molar-refractivity contribution in [3.05, 3.63) is 53.5 Å². The number of rotatable bonds is 9. The summed E-state index contributed by atoms with van der Waals surface area (Å²) in [6.45, 7) is 7.44. The maximum Gasteiger partial charge on any atom is 0.172 e. The van der Waals surface area contributed by atoms with E-state index in [1.807, 2.05) is 24.3 Å². The molecule has 0 radical (unpaired) electrons. The zero-order chi connectivity index (χ0) is 23.6. The van der Waals surface area contributed by atoms with Crippen LogP contribution in [0.2, 0.25) is 0 Å². The maximum absolute atomic E-state index is 8.79. The monoisotopic (exact) mass is 450 g/mol. The lowest BCUT2D eigenvalue weighted by Crippen LogP contribution is -2.44. The molecule has 10 nitrogen and oxygen atoms in total. The topological polar surface area (TPSA) is 148 Å². The van der Waals surface area contributed by atoms with E-state index in [1.54, 1.807) is 13.2 Å². The minimum Gasteiger partial charge on any atom is -0.496 e. The predicted molar refractivity (Wildman–Crippen MR) is 127 cm³/mol. The van der Waals surface area contributed by atoms with Crippen molar-refractivity contribution in [1.29, 1.82) is 5.26 Å². The molecule has 0 saturated carbocycles. The Hall–Kier alpha value is -3.52. The normalized spacial score (nSPS) is 16.3.